The molecule has 34 heavy (non-hydrogen) atoms. The van der Waals surface area contributed by atoms with Crippen LogP contribution in [0.1, 0.15) is 46.0 Å². The zero-order valence-corrected chi connectivity index (χ0v) is 19.9. The first-order valence-corrected chi connectivity index (χ1v) is 12.6. The van der Waals surface area contributed by atoms with Crippen molar-refractivity contribution in [3.63, 3.8) is 0 Å². The molecule has 10 nitrogen and oxygen atoms in total. The molecular weight excluding hydrogens is 446 g/mol. The van der Waals surface area contributed by atoms with Gasteiger partial charge in [0.2, 0.25) is 6.29 Å². The lowest BCUT2D eigenvalue weighted by molar-refractivity contribution is -0.212. The molecule has 1 saturated carbocycles. The topological polar surface area (TPSA) is 110 Å². The molecule has 10 heteroatoms. The molecule has 0 radical (unpaired) electrons. The van der Waals surface area contributed by atoms with E-state index in [1.807, 2.05) is 18.7 Å². The lowest BCUT2D eigenvalue weighted by Gasteiger charge is -2.32. The number of esters is 3. The Hall–Kier alpha value is -1.75. The monoisotopic (exact) mass is 481 g/mol. The summed E-state index contributed by atoms with van der Waals surface area (Å²) in [5.41, 5.74) is 0. The van der Waals surface area contributed by atoms with E-state index < -0.39 is 60.4 Å². The summed E-state index contributed by atoms with van der Waals surface area (Å²) < 4.78 is 34.4. The van der Waals surface area contributed by atoms with Crippen molar-refractivity contribution in [2.75, 3.05) is 32.8 Å². The van der Waals surface area contributed by atoms with Gasteiger partial charge >= 0.3 is 17.9 Å². The van der Waals surface area contributed by atoms with Gasteiger partial charge in [0.25, 0.3) is 0 Å². The van der Waals surface area contributed by atoms with Crippen LogP contribution in [0.3, 0.4) is 0 Å². The van der Waals surface area contributed by atoms with Crippen LogP contribution in [0.25, 0.3) is 0 Å². The van der Waals surface area contributed by atoms with Crippen LogP contribution in [0.2, 0.25) is 0 Å². The summed E-state index contributed by atoms with van der Waals surface area (Å²) >= 11 is 0. The summed E-state index contributed by atoms with van der Waals surface area (Å²) in [7, 11) is 0. The molecule has 0 aromatic carbocycles. The van der Waals surface area contributed by atoms with Crippen molar-refractivity contribution in [2.24, 2.45) is 17.8 Å². The maximum atomic E-state index is 13.3. The second-order valence-corrected chi connectivity index (χ2v) is 10.3. The predicted octanol–water partition coefficient (Wildman–Crippen LogP) is 1.04. The third-order valence-corrected chi connectivity index (χ3v) is 7.56. The minimum Gasteiger partial charge on any atom is -0.455 e. The number of ether oxygens (including phenoxy) is 6. The first-order chi connectivity index (χ1) is 16.4. The molecule has 2 bridgehead atoms. The normalized spacial score (nSPS) is 36.5. The molecular formula is C24H35NO9. The molecule has 0 N–H and O–H groups in total. The Morgan fingerprint density at radius 1 is 1.06 bits per heavy atom. The number of hydrogen-bond donors (Lipinski definition) is 0. The third kappa shape index (κ3) is 4.69. The van der Waals surface area contributed by atoms with E-state index in [4.69, 9.17) is 28.4 Å². The molecule has 4 heterocycles. The number of rotatable bonds is 8. The molecule has 0 spiro atoms. The first-order valence-electron chi connectivity index (χ1n) is 12.6. The van der Waals surface area contributed by atoms with Gasteiger partial charge in [-0.15, -0.1) is 0 Å². The number of carbonyl (C=O) groups excluding carboxylic acids is 3. The highest BCUT2D eigenvalue weighted by atomic mass is 16.7. The molecule has 5 fully saturated rings. The first kappa shape index (κ1) is 24.0. The van der Waals surface area contributed by atoms with Crippen molar-refractivity contribution in [3.05, 3.63) is 0 Å². The Kier molecular flexibility index (Phi) is 7.11. The minimum absolute atomic E-state index is 0.0455. The second-order valence-electron chi connectivity index (χ2n) is 10.3. The van der Waals surface area contributed by atoms with E-state index >= 15 is 0 Å². The predicted molar refractivity (Wildman–Crippen MR) is 115 cm³/mol. The summed E-state index contributed by atoms with van der Waals surface area (Å²) in [6.07, 6.45) is 1.81. The van der Waals surface area contributed by atoms with Gasteiger partial charge in [0.15, 0.2) is 12.2 Å². The van der Waals surface area contributed by atoms with E-state index in [0.717, 1.165) is 25.7 Å². The molecule has 0 aromatic rings. The smallest absolute Gasteiger partial charge is 0.320 e. The maximum Gasteiger partial charge on any atom is 0.320 e. The van der Waals surface area contributed by atoms with Gasteiger partial charge in [0, 0.05) is 19.0 Å². The zero-order chi connectivity index (χ0) is 23.8. The van der Waals surface area contributed by atoms with Gasteiger partial charge in [-0.25, -0.2) is 0 Å². The van der Waals surface area contributed by atoms with Gasteiger partial charge in [-0.05, 0) is 12.8 Å². The van der Waals surface area contributed by atoms with Gasteiger partial charge < -0.3 is 28.4 Å². The van der Waals surface area contributed by atoms with E-state index in [9.17, 15) is 14.4 Å². The summed E-state index contributed by atoms with van der Waals surface area (Å²) in [5.74, 6) is -3.15. The lowest BCUT2D eigenvalue weighted by Crippen LogP contribution is -2.50. The highest BCUT2D eigenvalue weighted by Gasteiger charge is 2.72. The SMILES string of the molecule is CC(C)C(OC(=O)C1C2OC3C(OC(=O)C31)C2OC(=O)CN1CCOCC1)OC1CCCCC1. The van der Waals surface area contributed by atoms with Gasteiger partial charge in [0.1, 0.15) is 24.0 Å². The van der Waals surface area contributed by atoms with E-state index in [2.05, 4.69) is 0 Å². The Labute approximate surface area is 199 Å². The third-order valence-electron chi connectivity index (χ3n) is 7.56. The van der Waals surface area contributed by atoms with Gasteiger partial charge in [-0.2, -0.15) is 0 Å². The van der Waals surface area contributed by atoms with Crippen LogP contribution >= 0.6 is 0 Å². The Morgan fingerprint density at radius 3 is 2.50 bits per heavy atom. The Balaban J connectivity index is 1.24. The van der Waals surface area contributed by atoms with Crippen LogP contribution in [-0.2, 0) is 42.8 Å². The highest BCUT2D eigenvalue weighted by molar-refractivity contribution is 5.87. The summed E-state index contributed by atoms with van der Waals surface area (Å²) in [4.78, 5) is 40.5. The van der Waals surface area contributed by atoms with E-state index in [1.54, 1.807) is 0 Å². The molecule has 0 amide bonds. The van der Waals surface area contributed by atoms with Crippen molar-refractivity contribution in [1.82, 2.24) is 4.90 Å². The fourth-order valence-electron chi connectivity index (χ4n) is 5.78. The van der Waals surface area contributed by atoms with Crippen LogP contribution in [0.5, 0.6) is 0 Å². The van der Waals surface area contributed by atoms with Crippen molar-refractivity contribution < 1.29 is 42.8 Å². The lowest BCUT2D eigenvalue weighted by atomic mass is 9.78. The average Bonchev–Trinajstić information content (AvgIpc) is 3.44. The van der Waals surface area contributed by atoms with Crippen LogP contribution < -0.4 is 0 Å². The van der Waals surface area contributed by atoms with E-state index in [-0.39, 0.29) is 18.6 Å². The second kappa shape index (κ2) is 10.1. The van der Waals surface area contributed by atoms with Crippen LogP contribution in [0, 0.1) is 17.8 Å². The van der Waals surface area contributed by atoms with Crippen LogP contribution in [0.4, 0.5) is 0 Å². The number of hydrogen-bond acceptors (Lipinski definition) is 10. The number of fused-ring (bicyclic) bond motifs is 1. The summed E-state index contributed by atoms with van der Waals surface area (Å²) in [6.45, 7) is 6.43. The number of morpholine rings is 1. The van der Waals surface area contributed by atoms with Crippen molar-refractivity contribution in [3.8, 4) is 0 Å². The average molecular weight is 482 g/mol. The standard InChI is InChI=1S/C24H35NO9/c1-13(2)24(30-14-6-4-3-5-7-14)34-23(28)17-16-19-21(33-22(16)27)20(18(17)32-19)31-15(26)12-25-8-10-29-11-9-25/h13-14,16-21,24H,3-12H2,1-2H3. The van der Waals surface area contributed by atoms with Gasteiger partial charge in [0.05, 0.1) is 25.9 Å². The van der Waals surface area contributed by atoms with Crippen molar-refractivity contribution in [1.29, 1.82) is 0 Å². The van der Waals surface area contributed by atoms with Gasteiger partial charge in [-0.1, -0.05) is 33.1 Å². The molecule has 5 rings (SSSR count). The van der Waals surface area contributed by atoms with Crippen LogP contribution in [-0.4, -0.2) is 92.5 Å². The van der Waals surface area contributed by atoms with E-state index in [1.165, 1.54) is 6.42 Å². The molecule has 7 atom stereocenters. The highest BCUT2D eigenvalue weighted by Crippen LogP contribution is 2.51. The fourth-order valence-corrected chi connectivity index (χ4v) is 5.78. The van der Waals surface area contributed by atoms with E-state index in [0.29, 0.717) is 26.3 Å². The Morgan fingerprint density at radius 2 is 1.79 bits per heavy atom. The molecule has 5 aliphatic rings. The minimum atomic E-state index is -0.881. The number of nitrogens with zero attached hydrogens (tertiary/aromatic N) is 1. The molecule has 4 aliphatic heterocycles. The largest absolute Gasteiger partial charge is 0.455 e. The Bertz CT molecular complexity index is 776. The number of carbonyl (C=O) groups is 3. The van der Waals surface area contributed by atoms with Crippen molar-refractivity contribution in [2.45, 2.75) is 82.8 Å². The summed E-state index contributed by atoms with van der Waals surface area (Å²) in [6, 6.07) is 0. The molecule has 1 aliphatic carbocycles. The fraction of sp³-hybridized carbons (Fsp3) is 0.875. The molecule has 7 unspecified atom stereocenters. The quantitative estimate of drug-likeness (QED) is 0.283. The van der Waals surface area contributed by atoms with Gasteiger partial charge in [-0.3, -0.25) is 19.3 Å². The van der Waals surface area contributed by atoms with Crippen LogP contribution in [0.15, 0.2) is 0 Å². The van der Waals surface area contributed by atoms with Crippen molar-refractivity contribution >= 4 is 17.9 Å². The molecule has 190 valence electrons. The summed E-state index contributed by atoms with van der Waals surface area (Å²) in [5, 5.41) is 0. The molecule has 0 aromatic heterocycles. The maximum absolute atomic E-state index is 13.3. The zero-order valence-electron chi connectivity index (χ0n) is 19.9. The molecule has 4 saturated heterocycles.